The number of nitrogens with one attached hydrogen (secondary N) is 2. The van der Waals surface area contributed by atoms with Gasteiger partial charge in [-0.3, -0.25) is 10.2 Å². The third-order valence-corrected chi connectivity index (χ3v) is 6.37. The molecule has 38 heavy (non-hydrogen) atoms. The molecule has 2 aromatic carbocycles. The lowest BCUT2D eigenvalue weighted by Gasteiger charge is -2.13. The van der Waals surface area contributed by atoms with Crippen molar-refractivity contribution in [3.05, 3.63) is 92.7 Å². The van der Waals surface area contributed by atoms with Crippen molar-refractivity contribution in [2.45, 2.75) is 36.9 Å². The third-order valence-electron chi connectivity index (χ3n) is 5.41. The molecular formula is C26H21F4N5O2S. The first-order chi connectivity index (χ1) is 18.1. The largest absolute Gasteiger partial charge is 0.456 e. The van der Waals surface area contributed by atoms with Gasteiger partial charge < -0.3 is 9.72 Å². The number of nitriles is 1. The Morgan fingerprint density at radius 3 is 2.71 bits per heavy atom. The summed E-state index contributed by atoms with van der Waals surface area (Å²) < 4.78 is 57.9. The molecule has 0 saturated heterocycles. The summed E-state index contributed by atoms with van der Waals surface area (Å²) in [6.07, 6.45) is 0.884. The fourth-order valence-electron chi connectivity index (χ4n) is 3.42. The molecule has 1 heterocycles. The summed E-state index contributed by atoms with van der Waals surface area (Å²) in [5, 5.41) is 16.9. The molecule has 1 atom stereocenters. The van der Waals surface area contributed by atoms with Gasteiger partial charge in [-0.1, -0.05) is 30.8 Å². The van der Waals surface area contributed by atoms with Crippen molar-refractivity contribution in [2.75, 3.05) is 0 Å². The lowest BCUT2D eigenvalue weighted by molar-refractivity contribution is -0.140. The van der Waals surface area contributed by atoms with Gasteiger partial charge in [0.2, 0.25) is 0 Å². The molecule has 0 aliphatic heterocycles. The number of hydrogen-bond donors (Lipinski definition) is 2. The van der Waals surface area contributed by atoms with E-state index in [1.165, 1.54) is 30.1 Å². The summed E-state index contributed by atoms with van der Waals surface area (Å²) in [5.74, 6) is -1.65. The first kappa shape index (κ1) is 28.3. The molecule has 1 aromatic heterocycles. The van der Waals surface area contributed by atoms with E-state index in [2.05, 4.69) is 15.0 Å². The maximum absolute atomic E-state index is 13.5. The molecule has 0 amide bonds. The van der Waals surface area contributed by atoms with Crippen LogP contribution in [-0.4, -0.2) is 22.5 Å². The van der Waals surface area contributed by atoms with Gasteiger partial charge in [0.05, 0.1) is 11.1 Å². The second kappa shape index (κ2) is 12.3. The van der Waals surface area contributed by atoms with Gasteiger partial charge in [-0.25, -0.2) is 9.38 Å². The van der Waals surface area contributed by atoms with Crippen molar-refractivity contribution in [1.82, 2.24) is 9.97 Å². The van der Waals surface area contributed by atoms with Crippen LogP contribution in [-0.2, 0) is 11.9 Å². The SMILES string of the molecule is C/C=C(\C=N/C=N)[C@@H](C)c1c[nH]c(SCc2ccc(Oc3ccc(F)c(C(F)(F)F)c3)c(C#N)c2)nc1=O. The Morgan fingerprint density at radius 2 is 2.08 bits per heavy atom. The highest BCUT2D eigenvalue weighted by molar-refractivity contribution is 7.98. The summed E-state index contributed by atoms with van der Waals surface area (Å²) in [6, 6.07) is 8.72. The van der Waals surface area contributed by atoms with E-state index in [4.69, 9.17) is 10.1 Å². The summed E-state index contributed by atoms with van der Waals surface area (Å²) in [6.45, 7) is 3.63. The normalized spacial score (nSPS) is 12.8. The van der Waals surface area contributed by atoms with Crippen molar-refractivity contribution in [1.29, 1.82) is 10.7 Å². The van der Waals surface area contributed by atoms with Crippen LogP contribution in [0.1, 0.15) is 42.0 Å². The number of benzene rings is 2. The second-order valence-corrected chi connectivity index (χ2v) is 8.82. The Kier molecular flexibility index (Phi) is 9.20. The summed E-state index contributed by atoms with van der Waals surface area (Å²) in [4.78, 5) is 23.4. The predicted molar refractivity (Wildman–Crippen MR) is 136 cm³/mol. The number of halogens is 4. The number of hydrogen-bond acceptors (Lipinski definition) is 6. The molecule has 0 fully saturated rings. The quantitative estimate of drug-likeness (QED) is 0.104. The van der Waals surface area contributed by atoms with E-state index in [1.54, 1.807) is 25.3 Å². The highest BCUT2D eigenvalue weighted by Crippen LogP contribution is 2.35. The van der Waals surface area contributed by atoms with E-state index in [-0.39, 0.29) is 23.0 Å². The average Bonchev–Trinajstić information content (AvgIpc) is 2.88. The Balaban J connectivity index is 1.74. The van der Waals surface area contributed by atoms with Crippen LogP contribution in [0.4, 0.5) is 17.6 Å². The molecule has 2 N–H and O–H groups in total. The van der Waals surface area contributed by atoms with Crippen LogP contribution in [0, 0.1) is 22.6 Å². The van der Waals surface area contributed by atoms with Crippen molar-refractivity contribution in [2.24, 2.45) is 4.99 Å². The van der Waals surface area contributed by atoms with E-state index in [0.717, 1.165) is 18.0 Å². The number of H-pyrrole nitrogens is 1. The summed E-state index contributed by atoms with van der Waals surface area (Å²) in [7, 11) is 0. The molecule has 0 unspecified atom stereocenters. The van der Waals surface area contributed by atoms with Gasteiger partial charge in [0, 0.05) is 29.6 Å². The number of allylic oxidation sites excluding steroid dienone is 2. The van der Waals surface area contributed by atoms with Crippen molar-refractivity contribution in [3.63, 3.8) is 0 Å². The number of aromatic amines is 1. The van der Waals surface area contributed by atoms with Crippen LogP contribution in [0.2, 0.25) is 0 Å². The van der Waals surface area contributed by atoms with E-state index in [0.29, 0.717) is 34.2 Å². The Morgan fingerprint density at radius 1 is 1.32 bits per heavy atom. The summed E-state index contributed by atoms with van der Waals surface area (Å²) >= 11 is 1.22. The van der Waals surface area contributed by atoms with Crippen LogP contribution in [0.3, 0.4) is 0 Å². The van der Waals surface area contributed by atoms with Crippen molar-refractivity contribution < 1.29 is 22.3 Å². The van der Waals surface area contributed by atoms with Gasteiger partial charge >= 0.3 is 6.18 Å². The average molecular weight is 544 g/mol. The van der Waals surface area contributed by atoms with E-state index < -0.39 is 23.1 Å². The maximum atomic E-state index is 13.5. The molecule has 0 aliphatic carbocycles. The lowest BCUT2D eigenvalue weighted by Crippen LogP contribution is -2.18. The summed E-state index contributed by atoms with van der Waals surface area (Å²) in [5.41, 5.74) is 0.0415. The van der Waals surface area contributed by atoms with Crippen molar-refractivity contribution in [3.8, 4) is 17.6 Å². The number of rotatable bonds is 9. The zero-order valence-electron chi connectivity index (χ0n) is 20.1. The van der Waals surface area contributed by atoms with Crippen LogP contribution in [0.25, 0.3) is 0 Å². The molecule has 12 heteroatoms. The highest BCUT2D eigenvalue weighted by atomic mass is 32.2. The number of alkyl halides is 3. The van der Waals surface area contributed by atoms with Crippen LogP contribution >= 0.6 is 11.8 Å². The molecule has 196 valence electrons. The lowest BCUT2D eigenvalue weighted by atomic mass is 9.95. The molecule has 0 aliphatic rings. The van der Waals surface area contributed by atoms with Crippen LogP contribution in [0.15, 0.2) is 69.2 Å². The molecular weight excluding hydrogens is 522 g/mol. The molecule has 3 aromatic rings. The minimum Gasteiger partial charge on any atom is -0.456 e. The molecule has 3 rings (SSSR count). The molecule has 7 nitrogen and oxygen atoms in total. The number of nitrogens with zero attached hydrogens (tertiary/aromatic N) is 3. The highest BCUT2D eigenvalue weighted by Gasteiger charge is 2.34. The van der Waals surface area contributed by atoms with Gasteiger partial charge in [-0.05, 0) is 48.4 Å². The number of thioether (sulfide) groups is 1. The Bertz CT molecular complexity index is 1490. The van der Waals surface area contributed by atoms with Crippen molar-refractivity contribution >= 4 is 24.3 Å². The van der Waals surface area contributed by atoms with Crippen LogP contribution in [0.5, 0.6) is 11.5 Å². The van der Waals surface area contributed by atoms with Gasteiger partial charge in [0.25, 0.3) is 5.56 Å². The minimum atomic E-state index is -4.89. The Hall–Kier alpha value is -4.24. The maximum Gasteiger partial charge on any atom is 0.419 e. The monoisotopic (exact) mass is 543 g/mol. The molecule has 0 spiro atoms. The minimum absolute atomic E-state index is 0.0113. The fourth-order valence-corrected chi connectivity index (χ4v) is 4.19. The van der Waals surface area contributed by atoms with Gasteiger partial charge in [-0.15, -0.1) is 0 Å². The van der Waals surface area contributed by atoms with Gasteiger partial charge in [0.15, 0.2) is 5.16 Å². The third kappa shape index (κ3) is 6.95. The zero-order valence-corrected chi connectivity index (χ0v) is 21.0. The first-order valence-electron chi connectivity index (χ1n) is 11.1. The topological polar surface area (TPSA) is 115 Å². The first-order valence-corrected chi connectivity index (χ1v) is 12.0. The molecule has 0 saturated carbocycles. The molecule has 0 radical (unpaired) electrons. The standard InChI is InChI=1S/C26H21F4N5O2S/c1-3-17(11-33-14-32)15(2)20-12-34-25(35-24(20)36)38-13-16-4-7-23(18(8-16)10-31)37-19-5-6-22(27)21(9-19)26(28,29)30/h3-9,11-12,14-15,32H,13H2,1-2H3,(H,34,35,36)/b17-3+,32-14?,33-11-/t15-/m1/s1. The molecule has 0 bridgehead atoms. The van der Waals surface area contributed by atoms with Gasteiger partial charge in [-0.2, -0.15) is 23.4 Å². The van der Waals surface area contributed by atoms with E-state index >= 15 is 0 Å². The second-order valence-electron chi connectivity index (χ2n) is 7.86. The smallest absolute Gasteiger partial charge is 0.419 e. The fraction of sp³-hybridized carbons (Fsp3) is 0.192. The van der Waals surface area contributed by atoms with Crippen LogP contribution < -0.4 is 10.3 Å². The van der Waals surface area contributed by atoms with E-state index in [1.807, 2.05) is 13.0 Å². The number of ether oxygens (including phenoxy) is 1. The number of aromatic nitrogens is 2. The number of aliphatic imine (C=N–C) groups is 1. The van der Waals surface area contributed by atoms with Gasteiger partial charge in [0.1, 0.15) is 29.7 Å². The van der Waals surface area contributed by atoms with E-state index in [9.17, 15) is 27.6 Å². The Labute approximate surface area is 219 Å². The zero-order chi connectivity index (χ0) is 27.9. The predicted octanol–water partition coefficient (Wildman–Crippen LogP) is 6.61.